The first-order valence-corrected chi connectivity index (χ1v) is 18.8. The molecule has 2 aromatic heterocycles. The van der Waals surface area contributed by atoms with Gasteiger partial charge in [0.25, 0.3) is 0 Å². The molecule has 2 fully saturated rings. The molecule has 0 bridgehead atoms. The number of carboxylic acids is 1. The van der Waals surface area contributed by atoms with Crippen LogP contribution in [0.2, 0.25) is 5.02 Å². The molecule has 0 radical (unpaired) electrons. The molecule has 2 atom stereocenters. The average molecular weight is 729 g/mol. The number of carbonyl (C=O) groups excluding carboxylic acids is 1. The normalized spacial score (nSPS) is 17.9. The van der Waals surface area contributed by atoms with E-state index in [0.717, 1.165) is 82.9 Å². The number of likely N-dealkylation sites (tertiary alicyclic amines) is 2. The number of nitrogens with zero attached hydrogens (tertiary/aromatic N) is 4. The summed E-state index contributed by atoms with van der Waals surface area (Å²) in [5.74, 6) is -0.599. The first-order chi connectivity index (χ1) is 24.3. The van der Waals surface area contributed by atoms with Crippen LogP contribution in [0.4, 0.5) is 4.79 Å². The summed E-state index contributed by atoms with van der Waals surface area (Å²) in [5, 5.41) is 13.2. The number of fused-ring (bicyclic) bond motifs is 2. The van der Waals surface area contributed by atoms with Crippen molar-refractivity contribution in [2.75, 3.05) is 33.3 Å². The van der Waals surface area contributed by atoms with Crippen LogP contribution in [0.25, 0.3) is 42.8 Å². The lowest BCUT2D eigenvalue weighted by Crippen LogP contribution is -2.56. The van der Waals surface area contributed by atoms with E-state index in [0.29, 0.717) is 16.5 Å². The Morgan fingerprint density at radius 1 is 1.04 bits per heavy atom. The standard InChI is InChI=1S/C40H45ClN4O5S/c1-23-19-31-36(34(25-7-10-27(41)11-8-25)33(23)35(38(46)47)50-40(2,3)4)51-37(42-31)26-9-12-32-29(20-26)30(22-43(32)5)24-13-16-44(17-14-24)21-28-15-18-45(28)39(48)49-6/h7-12,19-20,22,24,28,35H,13-18,21H2,1-6H3,(H,46,47)/t28?,35-/m0/s1. The van der Waals surface area contributed by atoms with Crippen LogP contribution in [0.5, 0.6) is 0 Å². The van der Waals surface area contributed by atoms with Gasteiger partial charge in [0, 0.05) is 65.0 Å². The molecule has 268 valence electrons. The van der Waals surface area contributed by atoms with Gasteiger partial charge in [-0.2, -0.15) is 0 Å². The number of carboxylic acid groups (broad SMARTS) is 1. The van der Waals surface area contributed by atoms with Crippen molar-refractivity contribution >= 4 is 56.1 Å². The van der Waals surface area contributed by atoms with Crippen molar-refractivity contribution in [3.63, 3.8) is 0 Å². The Hall–Kier alpha value is -3.96. The Kier molecular flexibility index (Phi) is 9.64. The average Bonchev–Trinajstić information content (AvgIpc) is 3.65. The van der Waals surface area contributed by atoms with Crippen molar-refractivity contribution in [1.82, 2.24) is 19.4 Å². The smallest absolute Gasteiger partial charge is 0.409 e. The van der Waals surface area contributed by atoms with Gasteiger partial charge in [-0.1, -0.05) is 23.7 Å². The second-order valence-electron chi connectivity index (χ2n) is 14.9. The highest BCUT2D eigenvalue weighted by Crippen LogP contribution is 2.45. The van der Waals surface area contributed by atoms with E-state index in [-0.39, 0.29) is 12.1 Å². The number of aliphatic carboxylic acids is 1. The molecule has 2 aliphatic heterocycles. The first-order valence-electron chi connectivity index (χ1n) is 17.6. The van der Waals surface area contributed by atoms with E-state index in [1.54, 1.807) is 11.3 Å². The Bertz CT molecular complexity index is 2110. The van der Waals surface area contributed by atoms with Gasteiger partial charge in [0.05, 0.1) is 22.9 Å². The van der Waals surface area contributed by atoms with Crippen LogP contribution in [0.1, 0.15) is 68.7 Å². The van der Waals surface area contributed by atoms with E-state index in [1.165, 1.54) is 23.6 Å². The zero-order valence-electron chi connectivity index (χ0n) is 30.0. The van der Waals surface area contributed by atoms with Gasteiger partial charge >= 0.3 is 12.1 Å². The third-order valence-electron chi connectivity index (χ3n) is 10.3. The summed E-state index contributed by atoms with van der Waals surface area (Å²) in [7, 11) is 3.56. The molecule has 7 rings (SSSR count). The molecule has 9 nitrogen and oxygen atoms in total. The first kappa shape index (κ1) is 35.4. The summed E-state index contributed by atoms with van der Waals surface area (Å²) < 4.78 is 14.3. The molecule has 0 saturated carbocycles. The van der Waals surface area contributed by atoms with Crippen molar-refractivity contribution in [3.8, 4) is 21.7 Å². The fraction of sp³-hybridized carbons (Fsp3) is 0.425. The summed E-state index contributed by atoms with van der Waals surface area (Å²) in [6.45, 7) is 11.2. The Morgan fingerprint density at radius 2 is 1.75 bits per heavy atom. The zero-order chi connectivity index (χ0) is 36.2. The monoisotopic (exact) mass is 728 g/mol. The maximum Gasteiger partial charge on any atom is 0.409 e. The molecule has 3 aromatic carbocycles. The number of benzene rings is 3. The molecule has 2 aliphatic rings. The van der Waals surface area contributed by atoms with Crippen LogP contribution in [-0.2, 0) is 21.3 Å². The summed E-state index contributed by atoms with van der Waals surface area (Å²) in [5.41, 5.74) is 6.83. The number of hydrogen-bond donors (Lipinski definition) is 1. The van der Waals surface area contributed by atoms with Gasteiger partial charge in [-0.3, -0.25) is 0 Å². The lowest BCUT2D eigenvalue weighted by Gasteiger charge is -2.43. The minimum absolute atomic E-state index is 0.225. The second-order valence-corrected chi connectivity index (χ2v) is 16.3. The lowest BCUT2D eigenvalue weighted by atomic mass is 9.88. The van der Waals surface area contributed by atoms with Crippen molar-refractivity contribution < 1.29 is 24.2 Å². The maximum atomic E-state index is 12.8. The van der Waals surface area contributed by atoms with Gasteiger partial charge in [-0.25, -0.2) is 14.6 Å². The number of thiazole rings is 1. The minimum atomic E-state index is -1.17. The van der Waals surface area contributed by atoms with E-state index in [9.17, 15) is 14.7 Å². The molecule has 51 heavy (non-hydrogen) atoms. The number of halogens is 1. The van der Waals surface area contributed by atoms with E-state index >= 15 is 0 Å². The maximum absolute atomic E-state index is 12.8. The second kappa shape index (κ2) is 13.9. The fourth-order valence-electron chi connectivity index (χ4n) is 7.76. The van der Waals surface area contributed by atoms with Gasteiger partial charge in [-0.05, 0) is 119 Å². The molecule has 2 saturated heterocycles. The molecule has 0 spiro atoms. The molecule has 0 aliphatic carbocycles. The van der Waals surface area contributed by atoms with Crippen molar-refractivity contribution in [2.24, 2.45) is 7.05 Å². The number of rotatable bonds is 8. The fourth-order valence-corrected chi connectivity index (χ4v) is 9.00. The number of methoxy groups -OCH3 is 1. The predicted molar refractivity (Wildman–Crippen MR) is 204 cm³/mol. The molecule has 1 N–H and O–H groups in total. The van der Waals surface area contributed by atoms with Gasteiger partial charge in [-0.15, -0.1) is 11.3 Å². The number of aryl methyl sites for hydroxylation is 2. The number of carbonyl (C=O) groups is 2. The zero-order valence-corrected chi connectivity index (χ0v) is 31.6. The Labute approximate surface area is 307 Å². The molecule has 5 aromatic rings. The third-order valence-corrected chi connectivity index (χ3v) is 11.7. The quantitative estimate of drug-likeness (QED) is 0.170. The molecular weight excluding hydrogens is 684 g/mol. The largest absolute Gasteiger partial charge is 0.479 e. The highest BCUT2D eigenvalue weighted by atomic mass is 35.5. The van der Waals surface area contributed by atoms with Crippen LogP contribution < -0.4 is 0 Å². The van der Waals surface area contributed by atoms with Crippen molar-refractivity contribution in [1.29, 1.82) is 0 Å². The number of ether oxygens (including phenoxy) is 2. The molecule has 11 heteroatoms. The summed E-state index contributed by atoms with van der Waals surface area (Å²) in [4.78, 5) is 34.3. The van der Waals surface area contributed by atoms with Crippen molar-refractivity contribution in [2.45, 2.75) is 70.6 Å². The van der Waals surface area contributed by atoms with Crippen LogP contribution >= 0.6 is 22.9 Å². The van der Waals surface area contributed by atoms with E-state index in [1.807, 2.05) is 62.9 Å². The molecule has 1 unspecified atom stereocenters. The van der Waals surface area contributed by atoms with Crippen LogP contribution in [0, 0.1) is 6.92 Å². The topological polar surface area (TPSA) is 97.1 Å². The Morgan fingerprint density at radius 3 is 2.37 bits per heavy atom. The molecule has 4 heterocycles. The lowest BCUT2D eigenvalue weighted by molar-refractivity contribution is -0.160. The number of hydrogen-bond acceptors (Lipinski definition) is 7. The van der Waals surface area contributed by atoms with E-state index in [2.05, 4.69) is 40.9 Å². The SMILES string of the molecule is COC(=O)N1CCC1CN1CCC(c2cn(C)c3ccc(-c4nc5cc(C)c([C@H](OC(C)(C)C)C(=O)O)c(-c6ccc(Cl)cc6)c5s4)cc23)CC1. The van der Waals surface area contributed by atoms with Crippen molar-refractivity contribution in [3.05, 3.63) is 76.4 Å². The van der Waals surface area contributed by atoms with Crippen LogP contribution in [0.3, 0.4) is 0 Å². The van der Waals surface area contributed by atoms with Gasteiger partial charge in [0.15, 0.2) is 6.10 Å². The van der Waals surface area contributed by atoms with E-state index < -0.39 is 17.7 Å². The Balaban J connectivity index is 1.23. The predicted octanol–water partition coefficient (Wildman–Crippen LogP) is 9.04. The van der Waals surface area contributed by atoms with Gasteiger partial charge < -0.3 is 28.9 Å². The third kappa shape index (κ3) is 6.99. The summed E-state index contributed by atoms with van der Waals surface area (Å²) in [6.07, 6.45) is 4.04. The number of amides is 1. The number of aromatic nitrogens is 2. The summed E-state index contributed by atoms with van der Waals surface area (Å²) >= 11 is 7.87. The summed E-state index contributed by atoms with van der Waals surface area (Å²) in [6, 6.07) is 16.3. The van der Waals surface area contributed by atoms with E-state index in [4.69, 9.17) is 26.1 Å². The highest BCUT2D eigenvalue weighted by Gasteiger charge is 2.36. The van der Waals surface area contributed by atoms with Crippen LogP contribution in [0.15, 0.2) is 54.7 Å². The van der Waals surface area contributed by atoms with Gasteiger partial charge in [0.1, 0.15) is 5.01 Å². The minimum Gasteiger partial charge on any atom is -0.479 e. The molecule has 1 amide bonds. The van der Waals surface area contributed by atoms with Gasteiger partial charge in [0.2, 0.25) is 0 Å². The number of piperidine rings is 1. The highest BCUT2D eigenvalue weighted by molar-refractivity contribution is 7.22. The molecular formula is C40H45ClN4O5S. The van der Waals surface area contributed by atoms with Crippen LogP contribution in [-0.4, -0.2) is 81.5 Å².